The highest BCUT2D eigenvalue weighted by Gasteiger charge is 2.24. The molecule has 0 rings (SSSR count). The Hall–Kier alpha value is -0.170. The van der Waals surface area contributed by atoms with Crippen LogP contribution in [0.25, 0.3) is 0 Å². The van der Waals surface area contributed by atoms with E-state index in [9.17, 15) is 8.42 Å². The summed E-state index contributed by atoms with van der Waals surface area (Å²) in [6.07, 6.45) is 26.7. The standard InChI is InChI=1S/C27H56O4S.H3N/c1-5-7-9-10-11-12-13-14-15-16-17-18-19-20-21-23-24-26(3)27(25-22-8-6-2)31-32(28,29)30-4;/h26-27H,5-25H2,1-4H3;1H3. The van der Waals surface area contributed by atoms with Crippen LogP contribution in [0.4, 0.5) is 0 Å². The summed E-state index contributed by atoms with van der Waals surface area (Å²) in [6.45, 7) is 6.55. The molecule has 33 heavy (non-hydrogen) atoms. The largest absolute Gasteiger partial charge is 0.399 e. The van der Waals surface area contributed by atoms with Crippen molar-refractivity contribution in [1.82, 2.24) is 6.15 Å². The molecule has 5 nitrogen and oxygen atoms in total. The smallest absolute Gasteiger partial charge is 0.344 e. The number of unbranched alkanes of at least 4 members (excludes halogenated alkanes) is 17. The van der Waals surface area contributed by atoms with E-state index in [1.807, 2.05) is 0 Å². The normalized spacial score (nSPS) is 13.6. The van der Waals surface area contributed by atoms with Crippen LogP contribution in [0, 0.1) is 5.92 Å². The molecule has 2 atom stereocenters. The van der Waals surface area contributed by atoms with E-state index < -0.39 is 10.4 Å². The molecule has 0 heterocycles. The van der Waals surface area contributed by atoms with Crippen molar-refractivity contribution >= 4 is 10.4 Å². The van der Waals surface area contributed by atoms with Gasteiger partial charge < -0.3 is 6.15 Å². The molecule has 0 fully saturated rings. The third-order valence-corrected chi connectivity index (χ3v) is 7.58. The van der Waals surface area contributed by atoms with Gasteiger partial charge in [0.25, 0.3) is 0 Å². The van der Waals surface area contributed by atoms with Gasteiger partial charge in [0.1, 0.15) is 0 Å². The summed E-state index contributed by atoms with van der Waals surface area (Å²) in [5.41, 5.74) is 0. The minimum Gasteiger partial charge on any atom is -0.344 e. The molecule has 0 aromatic rings. The second-order valence-electron chi connectivity index (χ2n) is 9.77. The van der Waals surface area contributed by atoms with E-state index in [0.29, 0.717) is 0 Å². The Bertz CT molecular complexity index is 485. The van der Waals surface area contributed by atoms with E-state index in [1.165, 1.54) is 103 Å². The van der Waals surface area contributed by atoms with Crippen molar-refractivity contribution in [3.05, 3.63) is 0 Å². The molecule has 0 aromatic carbocycles. The molecule has 0 spiro atoms. The van der Waals surface area contributed by atoms with Crippen molar-refractivity contribution in [2.45, 2.75) is 162 Å². The fourth-order valence-electron chi connectivity index (χ4n) is 4.41. The fourth-order valence-corrected chi connectivity index (χ4v) is 5.08. The quantitative estimate of drug-likeness (QED) is 0.128. The molecule has 0 aromatic heterocycles. The molecule has 0 bridgehead atoms. The Morgan fingerprint density at radius 1 is 0.576 bits per heavy atom. The first-order chi connectivity index (χ1) is 15.5. The average molecular weight is 494 g/mol. The maximum atomic E-state index is 11.7. The lowest BCUT2D eigenvalue weighted by Crippen LogP contribution is -2.26. The topological polar surface area (TPSA) is 87.6 Å². The fraction of sp³-hybridized carbons (Fsp3) is 1.00. The van der Waals surface area contributed by atoms with Crippen LogP contribution in [0.5, 0.6) is 0 Å². The van der Waals surface area contributed by atoms with Gasteiger partial charge in [-0.05, 0) is 18.8 Å². The molecule has 202 valence electrons. The number of rotatable bonds is 25. The SMILES string of the molecule is CCCCCCCCCCCCCCCCCCC(C)C(CCCCC)OS(=O)(=O)OC.N. The molecule has 0 saturated carbocycles. The first kappa shape index (κ1) is 35.0. The molecule has 3 N–H and O–H groups in total. The van der Waals surface area contributed by atoms with Crippen LogP contribution in [0.2, 0.25) is 0 Å². The first-order valence-corrected chi connectivity index (χ1v) is 15.3. The van der Waals surface area contributed by atoms with Crippen LogP contribution in [0.15, 0.2) is 0 Å². The minimum absolute atomic E-state index is 0. The molecule has 0 aliphatic rings. The predicted molar refractivity (Wildman–Crippen MR) is 143 cm³/mol. The van der Waals surface area contributed by atoms with Crippen LogP contribution in [-0.4, -0.2) is 21.6 Å². The van der Waals surface area contributed by atoms with E-state index in [0.717, 1.165) is 38.5 Å². The van der Waals surface area contributed by atoms with Crippen LogP contribution >= 0.6 is 0 Å². The molecule has 0 radical (unpaired) electrons. The highest BCUT2D eigenvalue weighted by atomic mass is 32.3. The summed E-state index contributed by atoms with van der Waals surface area (Å²) in [4.78, 5) is 0. The predicted octanol–water partition coefficient (Wildman–Crippen LogP) is 9.29. The van der Waals surface area contributed by atoms with Gasteiger partial charge in [0.05, 0.1) is 13.2 Å². The van der Waals surface area contributed by atoms with Crippen molar-refractivity contribution in [3.63, 3.8) is 0 Å². The summed E-state index contributed by atoms with van der Waals surface area (Å²) < 4.78 is 33.3. The maximum absolute atomic E-state index is 11.7. The van der Waals surface area contributed by atoms with E-state index in [2.05, 4.69) is 25.0 Å². The number of hydrogen-bond acceptors (Lipinski definition) is 5. The third kappa shape index (κ3) is 23.3. The van der Waals surface area contributed by atoms with Crippen LogP contribution in [0.3, 0.4) is 0 Å². The Kier molecular flexibility index (Phi) is 26.4. The lowest BCUT2D eigenvalue weighted by Gasteiger charge is -2.23. The van der Waals surface area contributed by atoms with Gasteiger partial charge in [-0.1, -0.05) is 143 Å². The first-order valence-electron chi connectivity index (χ1n) is 14.0. The van der Waals surface area contributed by atoms with Crippen molar-refractivity contribution in [2.24, 2.45) is 5.92 Å². The zero-order chi connectivity index (χ0) is 23.9. The molecule has 0 aliphatic heterocycles. The monoisotopic (exact) mass is 493 g/mol. The van der Waals surface area contributed by atoms with E-state index in [4.69, 9.17) is 4.18 Å². The maximum Gasteiger partial charge on any atom is 0.399 e. The summed E-state index contributed by atoms with van der Waals surface area (Å²) in [7, 11) is -2.70. The Morgan fingerprint density at radius 3 is 1.30 bits per heavy atom. The highest BCUT2D eigenvalue weighted by molar-refractivity contribution is 7.81. The van der Waals surface area contributed by atoms with Crippen LogP contribution in [-0.2, 0) is 18.8 Å². The second kappa shape index (κ2) is 24.9. The van der Waals surface area contributed by atoms with E-state index >= 15 is 0 Å². The van der Waals surface area contributed by atoms with E-state index in [-0.39, 0.29) is 18.2 Å². The molecule has 0 amide bonds. The van der Waals surface area contributed by atoms with E-state index in [1.54, 1.807) is 0 Å². The van der Waals surface area contributed by atoms with Gasteiger partial charge in [-0.25, -0.2) is 4.18 Å². The summed E-state index contributed by atoms with van der Waals surface area (Å²) >= 11 is 0. The van der Waals surface area contributed by atoms with Crippen LogP contribution in [0.1, 0.15) is 156 Å². The molecule has 2 unspecified atom stereocenters. The highest BCUT2D eigenvalue weighted by Crippen LogP contribution is 2.23. The Morgan fingerprint density at radius 2 is 0.909 bits per heavy atom. The van der Waals surface area contributed by atoms with Crippen LogP contribution < -0.4 is 6.15 Å². The Balaban J connectivity index is 0. The van der Waals surface area contributed by atoms with Crippen molar-refractivity contribution < 1.29 is 16.8 Å². The average Bonchev–Trinajstić information content (AvgIpc) is 2.78. The lowest BCUT2D eigenvalue weighted by molar-refractivity contribution is 0.107. The molecular formula is C27H59NO4S. The summed E-state index contributed by atoms with van der Waals surface area (Å²) in [5.74, 6) is 0.239. The van der Waals surface area contributed by atoms with Gasteiger partial charge in [-0.2, -0.15) is 8.42 Å². The van der Waals surface area contributed by atoms with Crippen molar-refractivity contribution in [3.8, 4) is 0 Å². The summed E-state index contributed by atoms with van der Waals surface area (Å²) in [5, 5.41) is 0. The van der Waals surface area contributed by atoms with Crippen molar-refractivity contribution in [2.75, 3.05) is 7.11 Å². The molecule has 6 heteroatoms. The minimum atomic E-state index is -3.86. The molecule has 0 aliphatic carbocycles. The lowest BCUT2D eigenvalue weighted by atomic mass is 9.93. The van der Waals surface area contributed by atoms with Gasteiger partial charge in [-0.3, -0.25) is 4.18 Å². The van der Waals surface area contributed by atoms with Gasteiger partial charge in [-0.15, -0.1) is 0 Å². The number of hydrogen-bond donors (Lipinski definition) is 1. The third-order valence-electron chi connectivity index (χ3n) is 6.69. The van der Waals surface area contributed by atoms with Gasteiger partial charge in [0, 0.05) is 0 Å². The summed E-state index contributed by atoms with van der Waals surface area (Å²) in [6, 6.07) is 0. The van der Waals surface area contributed by atoms with Gasteiger partial charge in [0.2, 0.25) is 0 Å². The Labute approximate surface area is 208 Å². The molecule has 0 saturated heterocycles. The van der Waals surface area contributed by atoms with Gasteiger partial charge >= 0.3 is 10.4 Å². The second-order valence-corrected chi connectivity index (χ2v) is 11.1. The zero-order valence-corrected chi connectivity index (χ0v) is 23.6. The molecular weight excluding hydrogens is 434 g/mol. The van der Waals surface area contributed by atoms with Gasteiger partial charge in [0.15, 0.2) is 0 Å². The van der Waals surface area contributed by atoms with Crippen molar-refractivity contribution in [1.29, 1.82) is 0 Å². The zero-order valence-electron chi connectivity index (χ0n) is 22.8.